The molecular formula is C22H27NO. The zero-order chi connectivity index (χ0) is 17.7. The van der Waals surface area contributed by atoms with E-state index in [1.807, 2.05) is 17.0 Å². The van der Waals surface area contributed by atoms with Crippen molar-refractivity contribution in [2.45, 2.75) is 53.0 Å². The van der Waals surface area contributed by atoms with Crippen LogP contribution in [-0.2, 0) is 4.79 Å². The lowest BCUT2D eigenvalue weighted by atomic mass is 9.74. The van der Waals surface area contributed by atoms with Crippen LogP contribution in [0.5, 0.6) is 0 Å². The molecule has 1 unspecified atom stereocenters. The van der Waals surface area contributed by atoms with Gasteiger partial charge in [-0.1, -0.05) is 63.2 Å². The van der Waals surface area contributed by atoms with E-state index in [1.54, 1.807) is 0 Å². The SMILES string of the molecule is CC(C)(C)C1C(=O)N(C(C)(C)C)c2ccccc2-c2ccccc21. The summed E-state index contributed by atoms with van der Waals surface area (Å²) in [7, 11) is 0. The number of carbonyl (C=O) groups is 1. The van der Waals surface area contributed by atoms with Gasteiger partial charge in [-0.2, -0.15) is 0 Å². The van der Waals surface area contributed by atoms with Crippen LogP contribution >= 0.6 is 0 Å². The molecule has 0 N–H and O–H groups in total. The van der Waals surface area contributed by atoms with Gasteiger partial charge in [-0.25, -0.2) is 0 Å². The molecule has 2 heteroatoms. The first kappa shape index (κ1) is 16.8. The summed E-state index contributed by atoms with van der Waals surface area (Å²) >= 11 is 0. The van der Waals surface area contributed by atoms with Crippen LogP contribution in [0.2, 0.25) is 0 Å². The highest BCUT2D eigenvalue weighted by Gasteiger charge is 2.43. The molecule has 1 aliphatic heterocycles. The van der Waals surface area contributed by atoms with E-state index >= 15 is 0 Å². The van der Waals surface area contributed by atoms with E-state index in [1.165, 1.54) is 5.56 Å². The number of hydrogen-bond donors (Lipinski definition) is 0. The van der Waals surface area contributed by atoms with E-state index in [0.717, 1.165) is 16.8 Å². The van der Waals surface area contributed by atoms with Gasteiger partial charge in [0, 0.05) is 11.1 Å². The van der Waals surface area contributed by atoms with E-state index < -0.39 is 0 Å². The van der Waals surface area contributed by atoms with E-state index in [4.69, 9.17) is 0 Å². The maximum atomic E-state index is 13.7. The van der Waals surface area contributed by atoms with Crippen molar-refractivity contribution in [2.75, 3.05) is 4.90 Å². The molecule has 0 saturated heterocycles. The molecule has 126 valence electrons. The molecule has 0 aromatic heterocycles. The molecule has 0 radical (unpaired) electrons. The van der Waals surface area contributed by atoms with Crippen LogP contribution in [-0.4, -0.2) is 11.4 Å². The quantitative estimate of drug-likeness (QED) is 0.616. The molecular weight excluding hydrogens is 294 g/mol. The number of rotatable bonds is 0. The third-order valence-electron chi connectivity index (χ3n) is 4.71. The van der Waals surface area contributed by atoms with Crippen LogP contribution in [0.15, 0.2) is 48.5 Å². The van der Waals surface area contributed by atoms with Gasteiger partial charge >= 0.3 is 0 Å². The highest BCUT2D eigenvalue weighted by Crippen LogP contribution is 2.48. The summed E-state index contributed by atoms with van der Waals surface area (Å²) in [6.45, 7) is 12.8. The smallest absolute Gasteiger partial charge is 0.235 e. The average Bonchev–Trinajstić information content (AvgIpc) is 2.57. The number of hydrogen-bond acceptors (Lipinski definition) is 1. The van der Waals surface area contributed by atoms with Crippen molar-refractivity contribution in [3.63, 3.8) is 0 Å². The summed E-state index contributed by atoms with van der Waals surface area (Å²) in [5.41, 5.74) is 4.02. The average molecular weight is 321 g/mol. The maximum absolute atomic E-state index is 13.7. The maximum Gasteiger partial charge on any atom is 0.235 e. The van der Waals surface area contributed by atoms with E-state index in [9.17, 15) is 4.79 Å². The van der Waals surface area contributed by atoms with Crippen molar-refractivity contribution < 1.29 is 4.79 Å². The largest absolute Gasteiger partial charge is 0.306 e. The second-order valence-corrected chi connectivity index (χ2v) is 8.75. The van der Waals surface area contributed by atoms with Gasteiger partial charge in [0.05, 0.1) is 11.6 Å². The molecule has 1 atom stereocenters. The third kappa shape index (κ3) is 2.64. The molecule has 0 saturated carbocycles. The number of para-hydroxylation sites is 1. The fourth-order valence-corrected chi connectivity index (χ4v) is 3.80. The molecule has 24 heavy (non-hydrogen) atoms. The number of carbonyl (C=O) groups excluding carboxylic acids is 1. The Labute approximate surface area is 145 Å². The summed E-state index contributed by atoms with van der Waals surface area (Å²) in [5.74, 6) is 0.0210. The lowest BCUT2D eigenvalue weighted by Crippen LogP contribution is -2.49. The number of nitrogens with zero attached hydrogens (tertiary/aromatic N) is 1. The highest BCUT2D eigenvalue weighted by molar-refractivity contribution is 6.06. The van der Waals surface area contributed by atoms with E-state index in [-0.39, 0.29) is 22.8 Å². The van der Waals surface area contributed by atoms with Crippen molar-refractivity contribution in [2.24, 2.45) is 5.41 Å². The van der Waals surface area contributed by atoms with Crippen LogP contribution in [0, 0.1) is 5.41 Å². The zero-order valence-electron chi connectivity index (χ0n) is 15.6. The first-order valence-electron chi connectivity index (χ1n) is 8.65. The molecule has 2 aromatic carbocycles. The Kier molecular flexibility index (Phi) is 3.82. The fourth-order valence-electron chi connectivity index (χ4n) is 3.80. The minimum Gasteiger partial charge on any atom is -0.306 e. The Morgan fingerprint density at radius 1 is 0.792 bits per heavy atom. The number of anilines is 1. The molecule has 0 spiro atoms. The summed E-state index contributed by atoms with van der Waals surface area (Å²) < 4.78 is 0. The van der Waals surface area contributed by atoms with Crippen LogP contribution in [0.3, 0.4) is 0 Å². The van der Waals surface area contributed by atoms with Gasteiger partial charge in [-0.3, -0.25) is 4.79 Å². The zero-order valence-corrected chi connectivity index (χ0v) is 15.6. The number of amides is 1. The van der Waals surface area contributed by atoms with Gasteiger partial charge in [0.15, 0.2) is 0 Å². The van der Waals surface area contributed by atoms with Crippen molar-refractivity contribution in [3.8, 4) is 11.1 Å². The highest BCUT2D eigenvalue weighted by atomic mass is 16.2. The summed E-state index contributed by atoms with van der Waals surface area (Å²) in [6, 6.07) is 16.6. The topological polar surface area (TPSA) is 20.3 Å². The second-order valence-electron chi connectivity index (χ2n) is 8.75. The molecule has 0 fully saturated rings. The molecule has 0 aliphatic carbocycles. The summed E-state index contributed by atoms with van der Waals surface area (Å²) in [6.07, 6.45) is 0. The minimum atomic E-state index is -0.279. The van der Waals surface area contributed by atoms with Crippen molar-refractivity contribution in [1.82, 2.24) is 0 Å². The van der Waals surface area contributed by atoms with Gasteiger partial charge in [-0.05, 0) is 43.4 Å². The standard InChI is InChI=1S/C22H27NO/c1-21(2,3)19-17-13-8-7-11-15(17)16-12-9-10-14-18(16)23(20(19)24)22(4,5)6/h7-14,19H,1-6H3. The monoisotopic (exact) mass is 321 g/mol. The van der Waals surface area contributed by atoms with Crippen LogP contribution in [0.1, 0.15) is 53.0 Å². The normalized spacial score (nSPS) is 18.0. The van der Waals surface area contributed by atoms with Gasteiger partial charge < -0.3 is 4.90 Å². The first-order chi connectivity index (χ1) is 11.1. The predicted octanol–water partition coefficient (Wildman–Crippen LogP) is 5.63. The first-order valence-corrected chi connectivity index (χ1v) is 8.65. The Balaban J connectivity index is 2.39. The lowest BCUT2D eigenvalue weighted by molar-refractivity contribution is -0.123. The molecule has 3 rings (SSSR count). The molecule has 1 heterocycles. The van der Waals surface area contributed by atoms with E-state index in [2.05, 4.69) is 77.9 Å². The van der Waals surface area contributed by atoms with Crippen LogP contribution in [0.4, 0.5) is 5.69 Å². The Hall–Kier alpha value is -2.09. The number of fused-ring (bicyclic) bond motifs is 3. The molecule has 1 aliphatic rings. The van der Waals surface area contributed by atoms with Crippen molar-refractivity contribution >= 4 is 11.6 Å². The van der Waals surface area contributed by atoms with Gasteiger partial charge in [0.25, 0.3) is 0 Å². The van der Waals surface area contributed by atoms with Crippen molar-refractivity contribution in [1.29, 1.82) is 0 Å². The molecule has 2 aromatic rings. The lowest BCUT2D eigenvalue weighted by Gasteiger charge is -2.40. The van der Waals surface area contributed by atoms with Crippen LogP contribution < -0.4 is 4.90 Å². The minimum absolute atomic E-state index is 0.154. The van der Waals surface area contributed by atoms with Gasteiger partial charge in [-0.15, -0.1) is 0 Å². The van der Waals surface area contributed by atoms with Gasteiger partial charge in [0.1, 0.15) is 0 Å². The Bertz CT molecular complexity index is 712. The van der Waals surface area contributed by atoms with Gasteiger partial charge in [0.2, 0.25) is 5.91 Å². The Morgan fingerprint density at radius 3 is 1.92 bits per heavy atom. The molecule has 1 amide bonds. The van der Waals surface area contributed by atoms with Crippen LogP contribution in [0.25, 0.3) is 11.1 Å². The van der Waals surface area contributed by atoms with Crippen molar-refractivity contribution in [3.05, 3.63) is 54.1 Å². The van der Waals surface area contributed by atoms with E-state index in [0.29, 0.717) is 0 Å². The predicted molar refractivity (Wildman–Crippen MR) is 101 cm³/mol. The number of benzene rings is 2. The summed E-state index contributed by atoms with van der Waals surface area (Å²) in [5, 5.41) is 0. The Morgan fingerprint density at radius 2 is 1.33 bits per heavy atom. The fraction of sp³-hybridized carbons (Fsp3) is 0.409. The molecule has 2 nitrogen and oxygen atoms in total. The summed E-state index contributed by atoms with van der Waals surface area (Å²) in [4.78, 5) is 15.7. The third-order valence-corrected chi connectivity index (χ3v) is 4.71. The molecule has 0 bridgehead atoms. The second kappa shape index (κ2) is 5.47.